The van der Waals surface area contributed by atoms with Crippen molar-refractivity contribution in [1.29, 1.82) is 0 Å². The van der Waals surface area contributed by atoms with Gasteiger partial charge in [0, 0.05) is 24.8 Å². The van der Waals surface area contributed by atoms with Crippen LogP contribution in [0, 0.1) is 0 Å². The Bertz CT molecular complexity index is 437. The van der Waals surface area contributed by atoms with Crippen molar-refractivity contribution in [1.82, 2.24) is 14.8 Å². The summed E-state index contributed by atoms with van der Waals surface area (Å²) in [6.07, 6.45) is 2.75. The first-order valence-electron chi connectivity index (χ1n) is 7.28. The molecule has 1 rings (SSSR count). The van der Waals surface area contributed by atoms with Gasteiger partial charge in [-0.1, -0.05) is 0 Å². The first kappa shape index (κ1) is 16.6. The van der Waals surface area contributed by atoms with E-state index in [-0.39, 0.29) is 11.9 Å². The van der Waals surface area contributed by atoms with Gasteiger partial charge in [-0.05, 0) is 53.8 Å². The molecule has 0 spiro atoms. The van der Waals surface area contributed by atoms with E-state index >= 15 is 0 Å². The van der Waals surface area contributed by atoms with Gasteiger partial charge in [-0.25, -0.2) is 0 Å². The van der Waals surface area contributed by atoms with Gasteiger partial charge in [0.05, 0.1) is 5.69 Å². The Hall–Kier alpha value is -1.49. The molecule has 0 aliphatic rings. The highest BCUT2D eigenvalue weighted by atomic mass is 16.1. The van der Waals surface area contributed by atoms with Gasteiger partial charge in [0.1, 0.15) is 5.69 Å². The van der Waals surface area contributed by atoms with E-state index in [1.54, 1.807) is 6.07 Å². The fourth-order valence-corrected chi connectivity index (χ4v) is 1.99. The molecule has 1 aromatic heterocycles. The summed E-state index contributed by atoms with van der Waals surface area (Å²) in [5.41, 5.74) is 7.04. The van der Waals surface area contributed by atoms with Gasteiger partial charge >= 0.3 is 0 Å². The third kappa shape index (κ3) is 4.56. The maximum Gasteiger partial charge on any atom is 0.267 e. The lowest BCUT2D eigenvalue weighted by Gasteiger charge is -2.20. The molecule has 114 valence electrons. The van der Waals surface area contributed by atoms with E-state index in [1.165, 1.54) is 0 Å². The Kier molecular flexibility index (Phi) is 6.07. The molecule has 0 unspecified atom stereocenters. The smallest absolute Gasteiger partial charge is 0.267 e. The zero-order chi connectivity index (χ0) is 15.3. The minimum atomic E-state index is -0.0531. The number of nitrogen functional groups attached to an aromatic ring is 1. The van der Waals surface area contributed by atoms with Gasteiger partial charge in [0.15, 0.2) is 0 Å². The van der Waals surface area contributed by atoms with Crippen LogP contribution in [-0.2, 0) is 0 Å². The molecule has 0 saturated carbocycles. The standard InChI is InChI=1S/C15H28N4O/c1-11(2)18(5)8-6-7-17-15(20)14-9-13(16)10-19(14)12(3)4/h9-12H,6-8,16H2,1-5H3,(H,17,20). The van der Waals surface area contributed by atoms with Gasteiger partial charge < -0.3 is 20.5 Å². The lowest BCUT2D eigenvalue weighted by molar-refractivity contribution is 0.0941. The largest absolute Gasteiger partial charge is 0.397 e. The summed E-state index contributed by atoms with van der Waals surface area (Å²) in [5, 5.41) is 2.96. The number of aromatic nitrogens is 1. The summed E-state index contributed by atoms with van der Waals surface area (Å²) in [4.78, 5) is 14.4. The second-order valence-electron chi connectivity index (χ2n) is 5.84. The van der Waals surface area contributed by atoms with E-state index in [4.69, 9.17) is 5.73 Å². The molecule has 0 saturated heterocycles. The highest BCUT2D eigenvalue weighted by Gasteiger charge is 2.14. The summed E-state index contributed by atoms with van der Waals surface area (Å²) in [6, 6.07) is 2.49. The van der Waals surface area contributed by atoms with Gasteiger partial charge in [0.2, 0.25) is 0 Å². The third-order valence-corrected chi connectivity index (χ3v) is 3.51. The van der Waals surface area contributed by atoms with Crippen molar-refractivity contribution >= 4 is 11.6 Å². The molecule has 0 fully saturated rings. The van der Waals surface area contributed by atoms with Crippen LogP contribution in [0.5, 0.6) is 0 Å². The normalized spacial score (nSPS) is 11.6. The summed E-state index contributed by atoms with van der Waals surface area (Å²) in [6.45, 7) is 10.1. The molecule has 0 atom stereocenters. The van der Waals surface area contributed by atoms with E-state index < -0.39 is 0 Å². The molecule has 0 aliphatic heterocycles. The molecule has 1 amide bonds. The van der Waals surface area contributed by atoms with Crippen LogP contribution in [0.3, 0.4) is 0 Å². The fraction of sp³-hybridized carbons (Fsp3) is 0.667. The average molecular weight is 280 g/mol. The van der Waals surface area contributed by atoms with Crippen molar-refractivity contribution in [2.24, 2.45) is 0 Å². The molecule has 0 aliphatic carbocycles. The van der Waals surface area contributed by atoms with Crippen LogP contribution in [0.2, 0.25) is 0 Å². The first-order valence-corrected chi connectivity index (χ1v) is 7.28. The Morgan fingerprint density at radius 1 is 1.40 bits per heavy atom. The lowest BCUT2D eigenvalue weighted by Crippen LogP contribution is -2.32. The predicted octanol–water partition coefficient (Wildman–Crippen LogP) is 2.11. The summed E-state index contributed by atoms with van der Waals surface area (Å²) in [7, 11) is 2.09. The van der Waals surface area contributed by atoms with E-state index in [2.05, 4.69) is 31.1 Å². The van der Waals surface area contributed by atoms with Crippen LogP contribution in [0.4, 0.5) is 5.69 Å². The molecule has 20 heavy (non-hydrogen) atoms. The number of carbonyl (C=O) groups excluding carboxylic acids is 1. The molecule has 3 N–H and O–H groups in total. The molecule has 0 bridgehead atoms. The number of amides is 1. The monoisotopic (exact) mass is 280 g/mol. The Morgan fingerprint density at radius 3 is 2.60 bits per heavy atom. The number of anilines is 1. The molecule has 0 radical (unpaired) electrons. The van der Waals surface area contributed by atoms with Crippen LogP contribution in [-0.4, -0.2) is 41.6 Å². The Balaban J connectivity index is 2.47. The Morgan fingerprint density at radius 2 is 2.05 bits per heavy atom. The molecule has 1 aromatic rings. The zero-order valence-corrected chi connectivity index (χ0v) is 13.3. The molecule has 5 nitrogen and oxygen atoms in total. The summed E-state index contributed by atoms with van der Waals surface area (Å²) >= 11 is 0. The second kappa shape index (κ2) is 7.33. The number of nitrogens with zero attached hydrogens (tertiary/aromatic N) is 2. The van der Waals surface area contributed by atoms with Gasteiger partial charge in [-0.2, -0.15) is 0 Å². The van der Waals surface area contributed by atoms with Gasteiger partial charge in [0.25, 0.3) is 5.91 Å². The van der Waals surface area contributed by atoms with E-state index in [9.17, 15) is 4.79 Å². The van der Waals surface area contributed by atoms with Crippen LogP contribution >= 0.6 is 0 Å². The highest BCUT2D eigenvalue weighted by molar-refractivity contribution is 5.93. The van der Waals surface area contributed by atoms with Gasteiger partial charge in [-0.15, -0.1) is 0 Å². The minimum absolute atomic E-state index is 0.0531. The number of hydrogen-bond donors (Lipinski definition) is 2. The van der Waals surface area contributed by atoms with Crippen molar-refractivity contribution in [3.63, 3.8) is 0 Å². The lowest BCUT2D eigenvalue weighted by atomic mass is 10.3. The SMILES string of the molecule is CC(C)N(C)CCCNC(=O)c1cc(N)cn1C(C)C. The number of nitrogens with one attached hydrogen (secondary N) is 1. The average Bonchev–Trinajstić information content (AvgIpc) is 2.76. The number of nitrogens with two attached hydrogens (primary N) is 1. The molecule has 5 heteroatoms. The van der Waals surface area contributed by atoms with Gasteiger partial charge in [-0.3, -0.25) is 4.79 Å². The van der Waals surface area contributed by atoms with E-state index in [0.717, 1.165) is 13.0 Å². The maximum absolute atomic E-state index is 12.2. The topological polar surface area (TPSA) is 63.3 Å². The van der Waals surface area contributed by atoms with Crippen molar-refractivity contribution in [3.05, 3.63) is 18.0 Å². The number of carbonyl (C=O) groups is 1. The Labute approximate surface area is 122 Å². The van der Waals surface area contributed by atoms with Crippen molar-refractivity contribution in [2.45, 2.75) is 46.2 Å². The fourth-order valence-electron chi connectivity index (χ4n) is 1.99. The number of hydrogen-bond acceptors (Lipinski definition) is 3. The summed E-state index contributed by atoms with van der Waals surface area (Å²) < 4.78 is 1.91. The first-order chi connectivity index (χ1) is 9.32. The van der Waals surface area contributed by atoms with Crippen LogP contribution < -0.4 is 11.1 Å². The maximum atomic E-state index is 12.2. The van der Waals surface area contributed by atoms with Crippen LogP contribution in [0.25, 0.3) is 0 Å². The molecule has 0 aromatic carbocycles. The molecular weight excluding hydrogens is 252 g/mol. The van der Waals surface area contributed by atoms with Crippen molar-refractivity contribution in [3.8, 4) is 0 Å². The van der Waals surface area contributed by atoms with E-state index in [0.29, 0.717) is 24.0 Å². The van der Waals surface area contributed by atoms with Crippen LogP contribution in [0.15, 0.2) is 12.3 Å². The predicted molar refractivity (Wildman–Crippen MR) is 83.9 cm³/mol. The summed E-state index contributed by atoms with van der Waals surface area (Å²) in [5.74, 6) is -0.0531. The quantitative estimate of drug-likeness (QED) is 0.752. The second-order valence-corrected chi connectivity index (χ2v) is 5.84. The van der Waals surface area contributed by atoms with Crippen molar-refractivity contribution < 1.29 is 4.79 Å². The third-order valence-electron chi connectivity index (χ3n) is 3.51. The molecular formula is C15H28N4O. The zero-order valence-electron chi connectivity index (χ0n) is 13.3. The highest BCUT2D eigenvalue weighted by Crippen LogP contribution is 2.16. The number of rotatable bonds is 7. The van der Waals surface area contributed by atoms with Crippen molar-refractivity contribution in [2.75, 3.05) is 25.9 Å². The van der Waals surface area contributed by atoms with Crippen LogP contribution in [0.1, 0.15) is 50.6 Å². The minimum Gasteiger partial charge on any atom is -0.397 e. The molecule has 1 heterocycles. The van der Waals surface area contributed by atoms with E-state index in [1.807, 2.05) is 24.6 Å².